The van der Waals surface area contributed by atoms with Crippen LogP contribution < -0.4 is 10.1 Å². The summed E-state index contributed by atoms with van der Waals surface area (Å²) in [7, 11) is 0. The van der Waals surface area contributed by atoms with Crippen LogP contribution in [0.25, 0.3) is 9.65 Å². The monoisotopic (exact) mass is 309 g/mol. The quantitative estimate of drug-likeness (QED) is 0.692. The van der Waals surface area contributed by atoms with E-state index in [-0.39, 0.29) is 0 Å². The van der Waals surface area contributed by atoms with Crippen molar-refractivity contribution in [1.29, 1.82) is 0 Å². The van der Waals surface area contributed by atoms with Crippen LogP contribution >= 0.6 is 0 Å². The van der Waals surface area contributed by atoms with E-state index in [0.717, 1.165) is 38.3 Å². The molecule has 0 saturated carbocycles. The summed E-state index contributed by atoms with van der Waals surface area (Å²) in [5, 5.41) is 4.95. The third-order valence-corrected chi connectivity index (χ3v) is 5.62. The molecule has 3 heteroatoms. The number of aryl methyl sites for hydroxylation is 1. The Balaban J connectivity index is 1.99. The number of rotatable bonds is 4. The summed E-state index contributed by atoms with van der Waals surface area (Å²) in [5.41, 5.74) is 3.02. The molecule has 18 heavy (non-hydrogen) atoms. The van der Waals surface area contributed by atoms with Crippen LogP contribution in [0.1, 0.15) is 24.5 Å². The van der Waals surface area contributed by atoms with Gasteiger partial charge in [0, 0.05) is 0 Å². The number of hydrogen-bond acceptors (Lipinski definition) is 2. The van der Waals surface area contributed by atoms with E-state index in [2.05, 4.69) is 29.3 Å². The van der Waals surface area contributed by atoms with Gasteiger partial charge in [0.1, 0.15) is 0 Å². The number of fused-ring (bicyclic) bond motifs is 3. The third kappa shape index (κ3) is 2.23. The Morgan fingerprint density at radius 1 is 1.39 bits per heavy atom. The fraction of sp³-hybridized carbons (Fsp3) is 0.467. The normalized spacial score (nSPS) is 14.5. The second kappa shape index (κ2) is 5.48. The molecule has 2 heterocycles. The van der Waals surface area contributed by atoms with Gasteiger partial charge < -0.3 is 0 Å². The van der Waals surface area contributed by atoms with Crippen molar-refractivity contribution in [2.75, 3.05) is 19.7 Å². The maximum atomic E-state index is 5.79. The van der Waals surface area contributed by atoms with Gasteiger partial charge in [-0.15, -0.1) is 0 Å². The van der Waals surface area contributed by atoms with E-state index >= 15 is 0 Å². The van der Waals surface area contributed by atoms with Crippen molar-refractivity contribution in [3.05, 3.63) is 28.2 Å². The van der Waals surface area contributed by atoms with Crippen molar-refractivity contribution in [1.82, 2.24) is 5.32 Å². The maximum absolute atomic E-state index is 5.79. The Labute approximate surface area is 114 Å². The van der Waals surface area contributed by atoms with Gasteiger partial charge in [-0.05, 0) is 0 Å². The van der Waals surface area contributed by atoms with Crippen molar-refractivity contribution in [3.63, 3.8) is 0 Å². The van der Waals surface area contributed by atoms with E-state index < -0.39 is 0 Å². The molecular weight excluding hydrogens is 289 g/mol. The number of benzene rings is 1. The van der Waals surface area contributed by atoms with E-state index in [4.69, 9.17) is 4.74 Å². The second-order valence-electron chi connectivity index (χ2n) is 4.73. The molecule has 0 atom stereocenters. The van der Waals surface area contributed by atoms with Gasteiger partial charge in [-0.2, -0.15) is 0 Å². The summed E-state index contributed by atoms with van der Waals surface area (Å²) in [6.07, 6.45) is 3.50. The van der Waals surface area contributed by atoms with Gasteiger partial charge in [0.25, 0.3) is 0 Å². The summed E-state index contributed by atoms with van der Waals surface area (Å²) in [5.74, 6) is 1.13. The van der Waals surface area contributed by atoms with Gasteiger partial charge in [0.2, 0.25) is 0 Å². The van der Waals surface area contributed by atoms with E-state index in [0.29, 0.717) is 14.5 Å². The average Bonchev–Trinajstić information content (AvgIpc) is 2.83. The Bertz CT molecular complexity index is 547. The number of ether oxygens (including phenoxy) is 1. The third-order valence-electron chi connectivity index (χ3n) is 3.53. The predicted octanol–water partition coefficient (Wildman–Crippen LogP) is 2.37. The van der Waals surface area contributed by atoms with Crippen LogP contribution in [0.15, 0.2) is 17.1 Å². The van der Waals surface area contributed by atoms with Gasteiger partial charge in [0.15, 0.2) is 0 Å². The molecule has 1 aromatic carbocycles. The van der Waals surface area contributed by atoms with Crippen LogP contribution in [-0.2, 0) is 12.8 Å². The minimum atomic E-state index is 0.531. The van der Waals surface area contributed by atoms with E-state index in [9.17, 15) is 0 Å². The van der Waals surface area contributed by atoms with Crippen LogP contribution in [0.5, 0.6) is 5.75 Å². The molecule has 0 amide bonds. The zero-order valence-corrected chi connectivity index (χ0v) is 12.5. The first-order valence-corrected chi connectivity index (χ1v) is 8.60. The molecule has 0 radical (unpaired) electrons. The van der Waals surface area contributed by atoms with Crippen LogP contribution in [-0.4, -0.2) is 34.2 Å². The van der Waals surface area contributed by atoms with Gasteiger partial charge in [-0.25, -0.2) is 0 Å². The Morgan fingerprint density at radius 2 is 2.33 bits per heavy atom. The average molecular weight is 308 g/mol. The number of hydrogen-bond donors (Lipinski definition) is 1. The van der Waals surface area contributed by atoms with E-state index in [1.165, 1.54) is 17.4 Å². The van der Waals surface area contributed by atoms with E-state index in [1.807, 2.05) is 0 Å². The molecule has 0 spiro atoms. The summed E-state index contributed by atoms with van der Waals surface area (Å²) >= 11 is 0.531. The zero-order chi connectivity index (χ0) is 12.4. The SMILES string of the molecule is CCNCCc1c[se]c2ccc3c(c12)CCCO3. The van der Waals surface area contributed by atoms with Crippen LogP contribution in [0, 0.1) is 0 Å². The second-order valence-corrected chi connectivity index (χ2v) is 6.64. The first-order valence-electron chi connectivity index (χ1n) is 6.75. The van der Waals surface area contributed by atoms with Crippen molar-refractivity contribution in [2.45, 2.75) is 26.2 Å². The summed E-state index contributed by atoms with van der Waals surface area (Å²) in [6, 6.07) is 4.45. The van der Waals surface area contributed by atoms with Gasteiger partial charge in [0.05, 0.1) is 0 Å². The van der Waals surface area contributed by atoms with Crippen LogP contribution in [0.3, 0.4) is 0 Å². The summed E-state index contributed by atoms with van der Waals surface area (Å²) in [6.45, 7) is 5.19. The minimum absolute atomic E-state index is 0.531. The molecule has 1 N–H and O–H groups in total. The van der Waals surface area contributed by atoms with Crippen molar-refractivity contribution in [2.24, 2.45) is 0 Å². The molecule has 0 saturated heterocycles. The molecule has 2 aromatic rings. The molecular formula is C15H19NOSe. The van der Waals surface area contributed by atoms with Crippen molar-refractivity contribution < 1.29 is 4.74 Å². The molecule has 0 bridgehead atoms. The summed E-state index contributed by atoms with van der Waals surface area (Å²) in [4.78, 5) is 2.46. The fourth-order valence-electron chi connectivity index (χ4n) is 2.65. The van der Waals surface area contributed by atoms with Gasteiger partial charge >= 0.3 is 114 Å². The first kappa shape index (κ1) is 12.3. The fourth-order valence-corrected chi connectivity index (χ4v) is 4.80. The van der Waals surface area contributed by atoms with Crippen molar-refractivity contribution in [3.8, 4) is 5.75 Å². The molecule has 0 fully saturated rings. The predicted molar refractivity (Wildman–Crippen MR) is 77.0 cm³/mol. The molecule has 1 aromatic heterocycles. The molecule has 1 aliphatic rings. The molecule has 0 unspecified atom stereocenters. The van der Waals surface area contributed by atoms with Crippen LogP contribution in [0.4, 0.5) is 0 Å². The molecule has 0 aliphatic carbocycles. The van der Waals surface area contributed by atoms with Gasteiger partial charge in [-0.3, -0.25) is 0 Å². The molecule has 3 rings (SSSR count). The number of nitrogens with one attached hydrogen (secondary N) is 1. The Morgan fingerprint density at radius 3 is 3.22 bits per heavy atom. The van der Waals surface area contributed by atoms with Crippen molar-refractivity contribution >= 4 is 24.1 Å². The first-order chi connectivity index (χ1) is 8.90. The topological polar surface area (TPSA) is 21.3 Å². The van der Waals surface area contributed by atoms with Crippen LogP contribution in [0.2, 0.25) is 0 Å². The molecule has 2 nitrogen and oxygen atoms in total. The zero-order valence-electron chi connectivity index (χ0n) is 10.8. The summed E-state index contributed by atoms with van der Waals surface area (Å²) < 4.78 is 7.34. The molecule has 1 aliphatic heterocycles. The molecule has 96 valence electrons. The standard InChI is InChI=1S/C15H19NOSe/c1-2-16-8-7-11-10-18-14-6-5-13-12(15(11)14)4-3-9-17-13/h5-6,10,16H,2-4,7-9H2,1H3. The number of likely N-dealkylation sites (N-methyl/N-ethyl adjacent to an activating group) is 1. The Kier molecular flexibility index (Phi) is 3.74. The van der Waals surface area contributed by atoms with E-state index in [1.54, 1.807) is 9.82 Å². The van der Waals surface area contributed by atoms with Gasteiger partial charge in [-0.1, -0.05) is 0 Å². The Hall–Kier alpha value is -0.761.